The van der Waals surface area contributed by atoms with Crippen molar-refractivity contribution in [3.63, 3.8) is 0 Å². The Kier molecular flexibility index (Phi) is 10.3. The normalized spacial score (nSPS) is 33.5. The molecule has 2 aromatic rings. The number of aliphatic hydroxyl groups is 5. The van der Waals surface area contributed by atoms with Gasteiger partial charge < -0.3 is 59.6 Å². The Bertz CT molecular complexity index is 1420. The Morgan fingerprint density at radius 1 is 0.956 bits per heavy atom. The van der Waals surface area contributed by atoms with Gasteiger partial charge in [0, 0.05) is 10.6 Å². The molecule has 0 spiro atoms. The lowest BCUT2D eigenvalue weighted by Gasteiger charge is -2.41. The number of phenols is 1. The molecule has 2 heterocycles. The van der Waals surface area contributed by atoms with Crippen LogP contribution < -0.4 is 14.8 Å². The Labute approximate surface area is 263 Å². The van der Waals surface area contributed by atoms with Crippen molar-refractivity contribution in [3.8, 4) is 17.2 Å². The molecule has 1 amide bonds. The fraction of sp³-hybridized carbons (Fsp3) is 0.452. The minimum atomic E-state index is -1.49. The van der Waals surface area contributed by atoms with Crippen LogP contribution in [0.1, 0.15) is 19.4 Å². The van der Waals surface area contributed by atoms with Gasteiger partial charge in [-0.25, -0.2) is 0 Å². The highest BCUT2D eigenvalue weighted by molar-refractivity contribution is 6.30. The van der Waals surface area contributed by atoms with Gasteiger partial charge in [-0.2, -0.15) is 0 Å². The van der Waals surface area contributed by atoms with E-state index < -0.39 is 67.1 Å². The Morgan fingerprint density at radius 3 is 2.33 bits per heavy atom. The molecule has 2 aromatic carbocycles. The molecule has 244 valence electrons. The van der Waals surface area contributed by atoms with Crippen LogP contribution in [-0.2, 0) is 19.0 Å². The molecule has 1 aliphatic carbocycles. The maximum absolute atomic E-state index is 12.9. The van der Waals surface area contributed by atoms with Gasteiger partial charge in [-0.15, -0.1) is 0 Å². The van der Waals surface area contributed by atoms with Gasteiger partial charge in [0.15, 0.2) is 11.5 Å². The molecular formula is C31H36ClNO12. The van der Waals surface area contributed by atoms with Gasteiger partial charge >= 0.3 is 0 Å². The van der Waals surface area contributed by atoms with E-state index in [0.29, 0.717) is 21.9 Å². The first kappa shape index (κ1) is 33.1. The lowest BCUT2D eigenvalue weighted by atomic mass is 9.83. The van der Waals surface area contributed by atoms with E-state index in [-0.39, 0.29) is 30.5 Å². The van der Waals surface area contributed by atoms with E-state index in [2.05, 4.69) is 5.32 Å². The molecule has 5 rings (SSSR count). The van der Waals surface area contributed by atoms with Crippen LogP contribution in [0, 0.1) is 0 Å². The fourth-order valence-electron chi connectivity index (χ4n) is 5.42. The van der Waals surface area contributed by atoms with Crippen molar-refractivity contribution in [2.24, 2.45) is 0 Å². The van der Waals surface area contributed by atoms with Crippen LogP contribution in [0.15, 0.2) is 59.7 Å². The number of amides is 1. The molecule has 2 aliphatic heterocycles. The van der Waals surface area contributed by atoms with Crippen LogP contribution in [0.2, 0.25) is 5.02 Å². The number of rotatable bonds is 9. The molecule has 2 saturated heterocycles. The van der Waals surface area contributed by atoms with E-state index in [1.165, 1.54) is 25.1 Å². The highest BCUT2D eigenvalue weighted by atomic mass is 35.5. The van der Waals surface area contributed by atoms with Gasteiger partial charge in [-0.05, 0) is 73.5 Å². The summed E-state index contributed by atoms with van der Waals surface area (Å²) >= 11 is 5.88. The second kappa shape index (κ2) is 14.0. The molecule has 1 saturated carbocycles. The molecule has 3 aliphatic rings. The average Bonchev–Trinajstić information content (AvgIpc) is 3.62. The second-order valence-electron chi connectivity index (χ2n) is 11.1. The Balaban J connectivity index is 1.18. The third-order valence-electron chi connectivity index (χ3n) is 8.01. The Morgan fingerprint density at radius 2 is 1.64 bits per heavy atom. The van der Waals surface area contributed by atoms with Crippen molar-refractivity contribution >= 4 is 23.6 Å². The molecule has 14 heteroatoms. The summed E-state index contributed by atoms with van der Waals surface area (Å²) in [4.78, 5) is 12.9. The molecule has 0 radical (unpaired) electrons. The number of hydrogen-bond acceptors (Lipinski definition) is 12. The van der Waals surface area contributed by atoms with Gasteiger partial charge in [0.25, 0.3) is 0 Å². The molecule has 3 fully saturated rings. The zero-order valence-electron chi connectivity index (χ0n) is 24.4. The smallest absolute Gasteiger partial charge is 0.247 e. The molecular weight excluding hydrogens is 614 g/mol. The topological polar surface area (TPSA) is 197 Å². The van der Waals surface area contributed by atoms with Gasteiger partial charge in [-0.1, -0.05) is 17.7 Å². The summed E-state index contributed by atoms with van der Waals surface area (Å²) < 4.78 is 27.6. The van der Waals surface area contributed by atoms with Gasteiger partial charge in [-0.3, -0.25) is 4.79 Å². The number of nitrogens with one attached hydrogen (secondary N) is 1. The third-order valence-corrected chi connectivity index (χ3v) is 8.26. The number of hydrogen-bond donors (Lipinski definition) is 7. The molecule has 10 atom stereocenters. The lowest BCUT2D eigenvalue weighted by molar-refractivity contribution is -0.155. The standard InChI is InChI=1S/C31H36ClNO12/c1-14(9-10-41-18-6-4-17(32)5-7-18)27-25(38)26(39)31(45-27)44-20-8-3-16(12-19(20)34)11-15(2)30(40)33-21-22(35)24(37)29-28(23(21)36)42-13-43-29/h3-9,11-12,21-29,31,34-39H,10,13H2,1-2H3,(H,33,40)/b14-9+,15-11+/t21-,22+,23-,24-,25+,26+,27-,28+,29-,31-/m1/s1. The minimum absolute atomic E-state index is 0.0327. The first-order valence-corrected chi connectivity index (χ1v) is 14.6. The zero-order valence-corrected chi connectivity index (χ0v) is 25.2. The zero-order chi connectivity index (χ0) is 32.4. The molecule has 0 unspecified atom stereocenters. The molecule has 0 aromatic heterocycles. The highest BCUT2D eigenvalue weighted by Gasteiger charge is 2.53. The monoisotopic (exact) mass is 649 g/mol. The minimum Gasteiger partial charge on any atom is -0.504 e. The van der Waals surface area contributed by atoms with Gasteiger partial charge in [0.1, 0.15) is 68.0 Å². The number of ether oxygens (including phenoxy) is 5. The SMILES string of the molecule is C/C(=C\c1ccc(O[C@@H]2O[C@H](/C(C)=C/COc3ccc(Cl)cc3)[C@@H](O)[C@@H]2O)c(O)c1)C(=O)N[C@@H]1[C@H](O)[C@@H](O)[C@H]2OCO[C@H]2[C@@H]1O. The summed E-state index contributed by atoms with van der Waals surface area (Å²) in [7, 11) is 0. The Hall–Kier alpha value is -3.24. The maximum Gasteiger partial charge on any atom is 0.247 e. The van der Waals surface area contributed by atoms with Gasteiger partial charge in [0.2, 0.25) is 12.2 Å². The summed E-state index contributed by atoms with van der Waals surface area (Å²) in [6.07, 6.45) is -7.72. The number of carbonyl (C=O) groups is 1. The van der Waals surface area contributed by atoms with E-state index in [0.717, 1.165) is 0 Å². The van der Waals surface area contributed by atoms with Crippen LogP contribution in [0.25, 0.3) is 6.08 Å². The van der Waals surface area contributed by atoms with Crippen LogP contribution in [-0.4, -0.2) is 111 Å². The fourth-order valence-corrected chi connectivity index (χ4v) is 5.55. The summed E-state index contributed by atoms with van der Waals surface area (Å²) in [6, 6.07) is 9.91. The van der Waals surface area contributed by atoms with Gasteiger partial charge in [0.05, 0.1) is 6.04 Å². The third kappa shape index (κ3) is 7.27. The molecule has 7 N–H and O–H groups in total. The van der Waals surface area contributed by atoms with Crippen molar-refractivity contribution in [1.82, 2.24) is 5.32 Å². The predicted octanol–water partition coefficient (Wildman–Crippen LogP) is 0.622. The quantitative estimate of drug-likeness (QED) is 0.148. The average molecular weight is 650 g/mol. The number of aliphatic hydroxyl groups excluding tert-OH is 5. The number of phenolic OH excluding ortho intramolecular Hbond substituents is 1. The van der Waals surface area contributed by atoms with Crippen molar-refractivity contribution in [2.45, 2.75) is 75.0 Å². The number of aromatic hydroxyl groups is 1. The van der Waals surface area contributed by atoms with E-state index in [4.69, 9.17) is 35.3 Å². The second-order valence-corrected chi connectivity index (χ2v) is 11.6. The summed E-state index contributed by atoms with van der Waals surface area (Å²) in [5, 5.41) is 66.2. The van der Waals surface area contributed by atoms with Crippen LogP contribution in [0.5, 0.6) is 17.2 Å². The van der Waals surface area contributed by atoms with E-state index >= 15 is 0 Å². The molecule has 0 bridgehead atoms. The van der Waals surface area contributed by atoms with Crippen LogP contribution in [0.4, 0.5) is 0 Å². The first-order valence-electron chi connectivity index (χ1n) is 14.3. The predicted molar refractivity (Wildman–Crippen MR) is 158 cm³/mol. The summed E-state index contributed by atoms with van der Waals surface area (Å²) in [5.74, 6) is -0.377. The lowest BCUT2D eigenvalue weighted by Crippen LogP contribution is -2.67. The van der Waals surface area contributed by atoms with Crippen molar-refractivity contribution in [1.29, 1.82) is 0 Å². The number of fused-ring (bicyclic) bond motifs is 1. The highest BCUT2D eigenvalue weighted by Crippen LogP contribution is 2.34. The van der Waals surface area contributed by atoms with Crippen molar-refractivity contribution in [2.75, 3.05) is 13.4 Å². The number of halogens is 1. The molecule has 45 heavy (non-hydrogen) atoms. The van der Waals surface area contributed by atoms with E-state index in [1.54, 1.807) is 43.3 Å². The largest absolute Gasteiger partial charge is 0.504 e. The first-order chi connectivity index (χ1) is 21.4. The molecule has 13 nitrogen and oxygen atoms in total. The summed E-state index contributed by atoms with van der Waals surface area (Å²) in [5.41, 5.74) is 1.19. The van der Waals surface area contributed by atoms with E-state index in [9.17, 15) is 35.4 Å². The number of carbonyl (C=O) groups excluding carboxylic acids is 1. The van der Waals surface area contributed by atoms with Crippen LogP contribution >= 0.6 is 11.6 Å². The van der Waals surface area contributed by atoms with Crippen molar-refractivity contribution < 1.29 is 59.1 Å². The summed E-state index contributed by atoms with van der Waals surface area (Å²) in [6.45, 7) is 3.25. The number of benzene rings is 2. The maximum atomic E-state index is 12.9. The van der Waals surface area contributed by atoms with Crippen LogP contribution in [0.3, 0.4) is 0 Å². The van der Waals surface area contributed by atoms with Crippen molar-refractivity contribution in [3.05, 3.63) is 70.3 Å². The van der Waals surface area contributed by atoms with E-state index in [1.807, 2.05) is 0 Å².